The van der Waals surface area contributed by atoms with E-state index in [1.165, 1.54) is 0 Å². The van der Waals surface area contributed by atoms with E-state index < -0.39 is 6.04 Å². The lowest BCUT2D eigenvalue weighted by Gasteiger charge is -2.26. The summed E-state index contributed by atoms with van der Waals surface area (Å²) in [5.41, 5.74) is 1.01. The number of aryl methyl sites for hydroxylation is 1. The van der Waals surface area contributed by atoms with Gasteiger partial charge in [-0.1, -0.05) is 12.1 Å². The molecule has 0 radical (unpaired) electrons. The van der Waals surface area contributed by atoms with Gasteiger partial charge in [-0.2, -0.15) is 0 Å². The molecule has 1 saturated carbocycles. The van der Waals surface area contributed by atoms with Crippen LogP contribution in [0.25, 0.3) is 0 Å². The summed E-state index contributed by atoms with van der Waals surface area (Å²) in [6, 6.07) is 7.07. The number of methoxy groups -OCH3 is 1. The standard InChI is InChI=1S/C17H20N2O4/c1-23-13-4-2-3-11(9-13)5-8-16(21)19(12-6-7-12)14-10-15(20)18-17(14)22/h2-4,9,12,14H,5-8,10H2,1H3,(H,18,20,22)/t14-/m1/s1. The Kier molecular flexibility index (Phi) is 4.32. The second-order valence-corrected chi connectivity index (χ2v) is 6.02. The number of ether oxygens (including phenoxy) is 1. The van der Waals surface area contributed by atoms with Gasteiger partial charge in [0.2, 0.25) is 17.7 Å². The highest BCUT2D eigenvalue weighted by molar-refractivity contribution is 6.06. The highest BCUT2D eigenvalue weighted by Crippen LogP contribution is 2.31. The zero-order valence-electron chi connectivity index (χ0n) is 13.1. The normalized spacial score (nSPS) is 20.3. The number of imide groups is 1. The molecule has 3 rings (SSSR count). The molecule has 6 nitrogen and oxygen atoms in total. The number of benzene rings is 1. The van der Waals surface area contributed by atoms with E-state index in [9.17, 15) is 14.4 Å². The summed E-state index contributed by atoms with van der Waals surface area (Å²) in [4.78, 5) is 37.5. The van der Waals surface area contributed by atoms with Crippen molar-refractivity contribution in [1.29, 1.82) is 0 Å². The molecule has 1 heterocycles. The molecule has 1 saturated heterocycles. The second kappa shape index (κ2) is 6.40. The van der Waals surface area contributed by atoms with E-state index in [1.54, 1.807) is 12.0 Å². The summed E-state index contributed by atoms with van der Waals surface area (Å²) < 4.78 is 5.18. The van der Waals surface area contributed by atoms with Gasteiger partial charge in [0.15, 0.2) is 0 Å². The van der Waals surface area contributed by atoms with E-state index in [-0.39, 0.29) is 30.2 Å². The largest absolute Gasteiger partial charge is 0.497 e. The van der Waals surface area contributed by atoms with Gasteiger partial charge >= 0.3 is 0 Å². The van der Waals surface area contributed by atoms with E-state index >= 15 is 0 Å². The fourth-order valence-electron chi connectivity index (χ4n) is 2.96. The third kappa shape index (κ3) is 3.52. The number of carbonyl (C=O) groups excluding carboxylic acids is 3. The Hall–Kier alpha value is -2.37. The maximum Gasteiger partial charge on any atom is 0.249 e. The summed E-state index contributed by atoms with van der Waals surface area (Å²) in [5, 5.41) is 2.29. The quantitative estimate of drug-likeness (QED) is 0.796. The summed E-state index contributed by atoms with van der Waals surface area (Å²) >= 11 is 0. The van der Waals surface area contributed by atoms with Gasteiger partial charge in [-0.3, -0.25) is 19.7 Å². The van der Waals surface area contributed by atoms with Gasteiger partial charge in [-0.25, -0.2) is 0 Å². The Morgan fingerprint density at radius 2 is 2.13 bits per heavy atom. The van der Waals surface area contributed by atoms with Gasteiger partial charge in [0.25, 0.3) is 0 Å². The number of nitrogens with zero attached hydrogens (tertiary/aromatic N) is 1. The lowest BCUT2D eigenvalue weighted by molar-refractivity contribution is -0.139. The molecule has 122 valence electrons. The van der Waals surface area contributed by atoms with Crippen LogP contribution in [0.4, 0.5) is 0 Å². The van der Waals surface area contributed by atoms with Gasteiger partial charge in [0.1, 0.15) is 11.8 Å². The van der Waals surface area contributed by atoms with Crippen molar-refractivity contribution in [3.8, 4) is 5.75 Å². The van der Waals surface area contributed by atoms with Crippen LogP contribution in [0.1, 0.15) is 31.2 Å². The van der Waals surface area contributed by atoms with Crippen LogP contribution in [-0.2, 0) is 20.8 Å². The molecule has 2 fully saturated rings. The number of hydrogen-bond acceptors (Lipinski definition) is 4. The number of hydrogen-bond donors (Lipinski definition) is 1. The minimum absolute atomic E-state index is 0.0647. The smallest absolute Gasteiger partial charge is 0.249 e. The SMILES string of the molecule is COc1cccc(CCC(=O)N(C2CC2)[C@@H]2CC(=O)NC2=O)c1. The maximum atomic E-state index is 12.6. The Bertz CT molecular complexity index is 639. The zero-order valence-corrected chi connectivity index (χ0v) is 13.1. The minimum atomic E-state index is -0.632. The topological polar surface area (TPSA) is 75.7 Å². The van der Waals surface area contributed by atoms with Crippen LogP contribution >= 0.6 is 0 Å². The molecule has 1 aromatic carbocycles. The van der Waals surface area contributed by atoms with Crippen LogP contribution in [0, 0.1) is 0 Å². The number of amides is 3. The number of carbonyl (C=O) groups is 3. The first kappa shape index (κ1) is 15.5. The second-order valence-electron chi connectivity index (χ2n) is 6.02. The summed E-state index contributed by atoms with van der Waals surface area (Å²) in [5.74, 6) is 0.0443. The van der Waals surface area contributed by atoms with E-state index in [1.807, 2.05) is 24.3 Å². The molecule has 0 bridgehead atoms. The average Bonchev–Trinajstić information content (AvgIpc) is 3.31. The highest BCUT2D eigenvalue weighted by atomic mass is 16.5. The molecule has 23 heavy (non-hydrogen) atoms. The minimum Gasteiger partial charge on any atom is -0.497 e. The fourth-order valence-corrected chi connectivity index (χ4v) is 2.96. The van der Waals surface area contributed by atoms with E-state index in [2.05, 4.69) is 5.32 Å². The number of nitrogens with one attached hydrogen (secondary N) is 1. The van der Waals surface area contributed by atoms with E-state index in [4.69, 9.17) is 4.74 Å². The summed E-state index contributed by atoms with van der Waals surface area (Å²) in [7, 11) is 1.61. The number of rotatable bonds is 6. The summed E-state index contributed by atoms with van der Waals surface area (Å²) in [6.45, 7) is 0. The third-order valence-corrected chi connectivity index (χ3v) is 4.27. The molecule has 1 N–H and O–H groups in total. The zero-order chi connectivity index (χ0) is 16.4. The Morgan fingerprint density at radius 3 is 2.74 bits per heavy atom. The molecular formula is C17H20N2O4. The fraction of sp³-hybridized carbons (Fsp3) is 0.471. The van der Waals surface area contributed by atoms with Gasteiger partial charge in [-0.15, -0.1) is 0 Å². The van der Waals surface area contributed by atoms with Crippen molar-refractivity contribution in [3.63, 3.8) is 0 Å². The molecule has 0 spiro atoms. The van der Waals surface area contributed by atoms with Crippen molar-refractivity contribution >= 4 is 17.7 Å². The van der Waals surface area contributed by atoms with Crippen LogP contribution in [0.15, 0.2) is 24.3 Å². The molecular weight excluding hydrogens is 296 g/mol. The maximum absolute atomic E-state index is 12.6. The average molecular weight is 316 g/mol. The highest BCUT2D eigenvalue weighted by Gasteiger charge is 2.44. The first-order valence-corrected chi connectivity index (χ1v) is 7.86. The predicted octanol–water partition coefficient (Wildman–Crippen LogP) is 1.03. The molecule has 6 heteroatoms. The molecule has 0 unspecified atom stereocenters. The van der Waals surface area contributed by atoms with Gasteiger partial charge in [0, 0.05) is 12.5 Å². The van der Waals surface area contributed by atoms with E-state index in [0.29, 0.717) is 12.8 Å². The molecule has 1 aliphatic heterocycles. The van der Waals surface area contributed by atoms with Crippen LogP contribution < -0.4 is 10.1 Å². The monoisotopic (exact) mass is 316 g/mol. The van der Waals surface area contributed by atoms with Gasteiger partial charge in [-0.05, 0) is 37.0 Å². The first-order valence-electron chi connectivity index (χ1n) is 7.86. The van der Waals surface area contributed by atoms with Crippen molar-refractivity contribution < 1.29 is 19.1 Å². The van der Waals surface area contributed by atoms with Crippen molar-refractivity contribution in [2.75, 3.05) is 7.11 Å². The Morgan fingerprint density at radius 1 is 1.35 bits per heavy atom. The molecule has 1 aliphatic carbocycles. The van der Waals surface area contributed by atoms with Crippen LogP contribution in [-0.4, -0.2) is 41.8 Å². The predicted molar refractivity (Wildman–Crippen MR) is 82.7 cm³/mol. The van der Waals surface area contributed by atoms with Gasteiger partial charge in [0.05, 0.1) is 13.5 Å². The van der Waals surface area contributed by atoms with Crippen LogP contribution in [0.2, 0.25) is 0 Å². The molecule has 2 aliphatic rings. The third-order valence-electron chi connectivity index (χ3n) is 4.27. The molecule has 1 aromatic rings. The first-order chi connectivity index (χ1) is 11.1. The van der Waals surface area contributed by atoms with Gasteiger partial charge < -0.3 is 9.64 Å². The molecule has 0 aromatic heterocycles. The summed E-state index contributed by atoms with van der Waals surface area (Å²) in [6.07, 6.45) is 2.80. The van der Waals surface area contributed by atoms with Crippen molar-refractivity contribution in [1.82, 2.24) is 10.2 Å². The van der Waals surface area contributed by atoms with Crippen molar-refractivity contribution in [2.24, 2.45) is 0 Å². The van der Waals surface area contributed by atoms with E-state index in [0.717, 1.165) is 24.2 Å². The van der Waals surface area contributed by atoms with Crippen LogP contribution in [0.5, 0.6) is 5.75 Å². The lowest BCUT2D eigenvalue weighted by Crippen LogP contribution is -2.46. The van der Waals surface area contributed by atoms with Crippen molar-refractivity contribution in [3.05, 3.63) is 29.8 Å². The Balaban J connectivity index is 1.65. The lowest BCUT2D eigenvalue weighted by atomic mass is 10.1. The van der Waals surface area contributed by atoms with Crippen LogP contribution in [0.3, 0.4) is 0 Å². The molecule has 3 amide bonds. The Labute approximate surface area is 134 Å². The molecule has 1 atom stereocenters. The van der Waals surface area contributed by atoms with Crippen molar-refractivity contribution in [2.45, 2.75) is 44.2 Å².